The Labute approximate surface area is 103 Å². The molecule has 4 nitrogen and oxygen atoms in total. The van der Waals surface area contributed by atoms with Gasteiger partial charge in [0.1, 0.15) is 0 Å². The first-order valence-corrected chi connectivity index (χ1v) is 6.61. The molecule has 88 valence electrons. The number of aryl methyl sites for hydroxylation is 3. The van der Waals surface area contributed by atoms with Crippen molar-refractivity contribution >= 4 is 11.3 Å². The molecule has 0 aromatic carbocycles. The van der Waals surface area contributed by atoms with E-state index in [0.717, 1.165) is 41.2 Å². The van der Waals surface area contributed by atoms with Gasteiger partial charge in [0.2, 0.25) is 0 Å². The number of rotatable bonds is 2. The molecular formula is C12H13N3OS. The molecule has 0 aliphatic heterocycles. The predicted octanol–water partition coefficient (Wildman–Crippen LogP) is 1.55. The van der Waals surface area contributed by atoms with Gasteiger partial charge < -0.3 is 0 Å². The van der Waals surface area contributed by atoms with Crippen molar-refractivity contribution in [2.24, 2.45) is 0 Å². The minimum Gasteiger partial charge on any atom is -0.268 e. The lowest BCUT2D eigenvalue weighted by molar-refractivity contribution is 0.614. The summed E-state index contributed by atoms with van der Waals surface area (Å²) in [6, 6.07) is 1.73. The lowest BCUT2D eigenvalue weighted by atomic mass is 10.2. The van der Waals surface area contributed by atoms with Crippen molar-refractivity contribution in [2.45, 2.75) is 32.7 Å². The van der Waals surface area contributed by atoms with Gasteiger partial charge in [0.05, 0.1) is 22.9 Å². The van der Waals surface area contributed by atoms with Crippen molar-refractivity contribution in [3.05, 3.63) is 43.8 Å². The second kappa shape index (κ2) is 4.07. The number of aromatic nitrogens is 3. The van der Waals surface area contributed by atoms with Crippen LogP contribution >= 0.6 is 11.3 Å². The number of thiazole rings is 1. The maximum Gasteiger partial charge on any atom is 0.267 e. The number of fused-ring (bicyclic) bond motifs is 1. The minimum atomic E-state index is -0.0173. The van der Waals surface area contributed by atoms with Gasteiger partial charge in [-0.1, -0.05) is 0 Å². The molecule has 0 atom stereocenters. The van der Waals surface area contributed by atoms with E-state index in [1.807, 2.05) is 12.3 Å². The molecular weight excluding hydrogens is 234 g/mol. The number of nitrogens with zero attached hydrogens (tertiary/aromatic N) is 3. The predicted molar refractivity (Wildman–Crippen MR) is 66.5 cm³/mol. The standard InChI is InChI=1S/C12H13N3OS/c1-8-13-10(7-17-8)6-15-12(16)5-9-3-2-4-11(9)14-15/h5,7H,2-4,6H2,1H3. The molecule has 3 rings (SSSR count). The van der Waals surface area contributed by atoms with Crippen molar-refractivity contribution in [3.8, 4) is 0 Å². The Balaban J connectivity index is 1.96. The molecule has 0 spiro atoms. The van der Waals surface area contributed by atoms with Crippen LogP contribution < -0.4 is 5.56 Å². The van der Waals surface area contributed by atoms with Gasteiger partial charge in [-0.15, -0.1) is 11.3 Å². The summed E-state index contributed by atoms with van der Waals surface area (Å²) in [7, 11) is 0. The van der Waals surface area contributed by atoms with E-state index >= 15 is 0 Å². The van der Waals surface area contributed by atoms with Crippen molar-refractivity contribution < 1.29 is 0 Å². The smallest absolute Gasteiger partial charge is 0.267 e. The molecule has 1 aliphatic rings. The molecule has 5 heteroatoms. The lowest BCUT2D eigenvalue weighted by Gasteiger charge is -2.04. The van der Waals surface area contributed by atoms with Crippen LogP contribution in [0.1, 0.15) is 28.4 Å². The van der Waals surface area contributed by atoms with Crippen LogP contribution in [-0.2, 0) is 19.4 Å². The maximum atomic E-state index is 11.9. The van der Waals surface area contributed by atoms with E-state index in [1.54, 1.807) is 17.4 Å². The third-order valence-electron chi connectivity index (χ3n) is 3.00. The molecule has 0 radical (unpaired) electrons. The molecule has 17 heavy (non-hydrogen) atoms. The molecule has 2 aromatic rings. The molecule has 0 unspecified atom stereocenters. The summed E-state index contributed by atoms with van der Waals surface area (Å²) in [5.41, 5.74) is 3.11. The Hall–Kier alpha value is -1.49. The van der Waals surface area contributed by atoms with Crippen LogP contribution in [0, 0.1) is 6.92 Å². The largest absolute Gasteiger partial charge is 0.268 e. The minimum absolute atomic E-state index is 0.0173. The lowest BCUT2D eigenvalue weighted by Crippen LogP contribution is -2.24. The van der Waals surface area contributed by atoms with Crippen molar-refractivity contribution in [3.63, 3.8) is 0 Å². The summed E-state index contributed by atoms with van der Waals surface area (Å²) in [4.78, 5) is 16.2. The quantitative estimate of drug-likeness (QED) is 0.809. The van der Waals surface area contributed by atoms with E-state index in [-0.39, 0.29) is 5.56 Å². The van der Waals surface area contributed by atoms with Crippen LogP contribution in [0.15, 0.2) is 16.2 Å². The molecule has 1 aliphatic carbocycles. The van der Waals surface area contributed by atoms with Gasteiger partial charge in [-0.25, -0.2) is 9.67 Å². The highest BCUT2D eigenvalue weighted by Gasteiger charge is 2.15. The van der Waals surface area contributed by atoms with E-state index in [4.69, 9.17) is 0 Å². The molecule has 0 N–H and O–H groups in total. The van der Waals surface area contributed by atoms with E-state index in [0.29, 0.717) is 6.54 Å². The Morgan fingerprint density at radius 2 is 2.35 bits per heavy atom. The van der Waals surface area contributed by atoms with Crippen molar-refractivity contribution in [2.75, 3.05) is 0 Å². The zero-order chi connectivity index (χ0) is 11.8. The van der Waals surface area contributed by atoms with Crippen LogP contribution in [0.25, 0.3) is 0 Å². The zero-order valence-electron chi connectivity index (χ0n) is 9.64. The van der Waals surface area contributed by atoms with Gasteiger partial charge in [-0.3, -0.25) is 4.79 Å². The van der Waals surface area contributed by atoms with Gasteiger partial charge >= 0.3 is 0 Å². The molecule has 0 fully saturated rings. The first-order valence-electron chi connectivity index (χ1n) is 5.73. The van der Waals surface area contributed by atoms with Crippen molar-refractivity contribution in [1.82, 2.24) is 14.8 Å². The highest BCUT2D eigenvalue weighted by Crippen LogP contribution is 2.17. The van der Waals surface area contributed by atoms with E-state index in [9.17, 15) is 4.79 Å². The van der Waals surface area contributed by atoms with Gasteiger partial charge in [0, 0.05) is 11.4 Å². The highest BCUT2D eigenvalue weighted by atomic mass is 32.1. The summed E-state index contributed by atoms with van der Waals surface area (Å²) in [5, 5.41) is 7.43. The molecule has 2 aromatic heterocycles. The Morgan fingerprint density at radius 1 is 1.47 bits per heavy atom. The average molecular weight is 247 g/mol. The molecule has 0 amide bonds. The number of hydrogen-bond donors (Lipinski definition) is 0. The van der Waals surface area contributed by atoms with Gasteiger partial charge in [-0.05, 0) is 31.7 Å². The Bertz CT molecular complexity index is 614. The zero-order valence-corrected chi connectivity index (χ0v) is 10.5. The third-order valence-corrected chi connectivity index (χ3v) is 3.82. The third kappa shape index (κ3) is 2.02. The summed E-state index contributed by atoms with van der Waals surface area (Å²) < 4.78 is 1.53. The Kier molecular flexibility index (Phi) is 2.55. The summed E-state index contributed by atoms with van der Waals surface area (Å²) in [6.45, 7) is 2.45. The maximum absolute atomic E-state index is 11.9. The van der Waals surface area contributed by atoms with Gasteiger partial charge in [0.25, 0.3) is 5.56 Å². The second-order valence-corrected chi connectivity index (χ2v) is 5.39. The highest BCUT2D eigenvalue weighted by molar-refractivity contribution is 7.09. The summed E-state index contributed by atoms with van der Waals surface area (Å²) >= 11 is 1.60. The first-order chi connectivity index (χ1) is 8.22. The average Bonchev–Trinajstić information content (AvgIpc) is 2.88. The normalized spacial score (nSPS) is 13.9. The molecule has 0 saturated heterocycles. The van der Waals surface area contributed by atoms with Crippen molar-refractivity contribution in [1.29, 1.82) is 0 Å². The molecule has 2 heterocycles. The SMILES string of the molecule is Cc1nc(Cn2nc3c(cc2=O)CCC3)cs1. The fourth-order valence-corrected chi connectivity index (χ4v) is 2.79. The van der Waals surface area contributed by atoms with Crippen LogP contribution in [0.5, 0.6) is 0 Å². The van der Waals surface area contributed by atoms with Gasteiger partial charge in [-0.2, -0.15) is 5.10 Å². The summed E-state index contributed by atoms with van der Waals surface area (Å²) in [6.07, 6.45) is 3.10. The van der Waals surface area contributed by atoms with E-state index in [1.165, 1.54) is 4.68 Å². The number of hydrogen-bond acceptors (Lipinski definition) is 4. The second-order valence-electron chi connectivity index (χ2n) is 4.32. The van der Waals surface area contributed by atoms with Crippen LogP contribution in [0.4, 0.5) is 0 Å². The fourth-order valence-electron chi connectivity index (χ4n) is 2.19. The topological polar surface area (TPSA) is 47.8 Å². The first kappa shape index (κ1) is 10.7. The van der Waals surface area contributed by atoms with Gasteiger partial charge in [0.15, 0.2) is 0 Å². The van der Waals surface area contributed by atoms with E-state index in [2.05, 4.69) is 10.1 Å². The van der Waals surface area contributed by atoms with Crippen LogP contribution in [0.3, 0.4) is 0 Å². The van der Waals surface area contributed by atoms with Crippen LogP contribution in [-0.4, -0.2) is 14.8 Å². The van der Waals surface area contributed by atoms with E-state index < -0.39 is 0 Å². The summed E-state index contributed by atoms with van der Waals surface area (Å²) in [5.74, 6) is 0. The monoisotopic (exact) mass is 247 g/mol. The van der Waals surface area contributed by atoms with Crippen LogP contribution in [0.2, 0.25) is 0 Å². The fraction of sp³-hybridized carbons (Fsp3) is 0.417. The molecule has 0 bridgehead atoms. The molecule has 0 saturated carbocycles. The Morgan fingerprint density at radius 3 is 3.12 bits per heavy atom.